The largest absolute Gasteiger partial charge is 0.673 e. The maximum absolute atomic E-state index is 11.3. The lowest BCUT2D eigenvalue weighted by molar-refractivity contribution is -0.480. The van der Waals surface area contributed by atoms with E-state index in [1.807, 2.05) is 82.7 Å². The van der Waals surface area contributed by atoms with Crippen molar-refractivity contribution < 1.29 is 36.2 Å². The van der Waals surface area contributed by atoms with Gasteiger partial charge in [0.1, 0.15) is 16.6 Å². The number of rotatable bonds is 3. The Morgan fingerprint density at radius 1 is 1.22 bits per heavy atom. The fraction of sp³-hybridized carbons (Fsp3) is 0.636. The van der Waals surface area contributed by atoms with Gasteiger partial charge in [0.15, 0.2) is 0 Å². The fourth-order valence-electron chi connectivity index (χ4n) is 3.17. The average Bonchev–Trinajstić information content (AvgIpc) is 3.17. The van der Waals surface area contributed by atoms with Crippen molar-refractivity contribution in [1.82, 2.24) is 30.7 Å². The lowest BCUT2D eigenvalue weighted by atomic mass is 10.1. The maximum Gasteiger partial charge on any atom is 0.673 e. The van der Waals surface area contributed by atoms with Crippen molar-refractivity contribution in [1.29, 1.82) is 0 Å². The molecule has 1 aliphatic heterocycles. The highest BCUT2D eigenvalue weighted by atomic mass is 19.5. The van der Waals surface area contributed by atoms with Crippen LogP contribution in [0.5, 0.6) is 0 Å². The summed E-state index contributed by atoms with van der Waals surface area (Å²) in [5.74, 6) is 0. The Balaban J connectivity index is 0.000000316. The molecule has 1 aromatic heterocycles. The topological polar surface area (TPSA) is 96.5 Å². The summed E-state index contributed by atoms with van der Waals surface area (Å²) >= 11 is 0. The number of para-hydroxylation sites is 1. The Kier molecular flexibility index (Phi) is 12.6. The minimum absolute atomic E-state index is 0.324. The Labute approximate surface area is 215 Å². The van der Waals surface area contributed by atoms with E-state index in [-0.39, 0.29) is 6.09 Å². The molecule has 37 heavy (non-hydrogen) atoms. The van der Waals surface area contributed by atoms with E-state index < -0.39 is 12.9 Å². The summed E-state index contributed by atoms with van der Waals surface area (Å²) in [5.41, 5.74) is 1.24. The van der Waals surface area contributed by atoms with Crippen molar-refractivity contribution in [3.05, 3.63) is 24.3 Å². The molecule has 2 heterocycles. The van der Waals surface area contributed by atoms with Gasteiger partial charge in [-0.1, -0.05) is 23.4 Å². The standard InChI is InChI=1S/C11H16N5O.C11H22N2O2.BF4/c1-14(2)11(15(3)4)17-16-10-8-6-5-7-9(10)12-13-16;1-11(2,3)15-10(14)13-8-9-6-4-5-7-12-9;2-1(3,4)5/h5-8H,1-4H3;9,12H,4-8H2,1-3H3,(H,13,14);/q+1;;-1. The van der Waals surface area contributed by atoms with Gasteiger partial charge in [0, 0.05) is 12.6 Å². The second kappa shape index (κ2) is 14.6. The molecule has 2 N–H and O–H groups in total. The minimum atomic E-state index is -6.00. The number of ether oxygens (including phenoxy) is 1. The third kappa shape index (κ3) is 14.3. The van der Waals surface area contributed by atoms with E-state index in [0.717, 1.165) is 24.0 Å². The van der Waals surface area contributed by atoms with Crippen molar-refractivity contribution >= 4 is 30.4 Å². The van der Waals surface area contributed by atoms with E-state index in [0.29, 0.717) is 18.6 Å². The van der Waals surface area contributed by atoms with Crippen LogP contribution in [0.3, 0.4) is 0 Å². The zero-order valence-corrected chi connectivity index (χ0v) is 22.5. The molecular weight excluding hydrogens is 497 g/mol. The smallest absolute Gasteiger partial charge is 0.444 e. The van der Waals surface area contributed by atoms with Gasteiger partial charge in [0.25, 0.3) is 0 Å². The van der Waals surface area contributed by atoms with Crippen LogP contribution in [-0.4, -0.2) is 96.9 Å². The summed E-state index contributed by atoms with van der Waals surface area (Å²) < 4.78 is 46.0. The van der Waals surface area contributed by atoms with Crippen LogP contribution in [0.2, 0.25) is 0 Å². The van der Waals surface area contributed by atoms with Crippen LogP contribution < -0.4 is 15.5 Å². The number of carbonyl (C=O) groups excluding carboxylic acids is 1. The van der Waals surface area contributed by atoms with E-state index in [2.05, 4.69) is 20.9 Å². The molecule has 1 saturated heterocycles. The van der Waals surface area contributed by atoms with E-state index in [4.69, 9.17) is 9.57 Å². The zero-order valence-electron chi connectivity index (χ0n) is 22.5. The highest BCUT2D eigenvalue weighted by molar-refractivity contribution is 6.50. The molecule has 1 fully saturated rings. The monoisotopic (exact) mass is 535 g/mol. The molecule has 2 aromatic rings. The summed E-state index contributed by atoms with van der Waals surface area (Å²) in [7, 11) is 1.64. The zero-order chi connectivity index (χ0) is 28.2. The number of alkyl carbamates (subject to hydrolysis) is 1. The first kappa shape index (κ1) is 31.9. The lowest BCUT2D eigenvalue weighted by Crippen LogP contribution is -2.44. The number of nitrogens with zero attached hydrogens (tertiary/aromatic N) is 5. The van der Waals surface area contributed by atoms with Crippen molar-refractivity contribution in [3.63, 3.8) is 0 Å². The summed E-state index contributed by atoms with van der Waals surface area (Å²) in [6.07, 6.45) is 3.29. The Morgan fingerprint density at radius 3 is 2.35 bits per heavy atom. The normalized spacial score (nSPS) is 15.4. The lowest BCUT2D eigenvalue weighted by Gasteiger charge is -2.25. The van der Waals surface area contributed by atoms with Crippen LogP contribution in [0.15, 0.2) is 24.3 Å². The van der Waals surface area contributed by atoms with E-state index >= 15 is 0 Å². The second-order valence-corrected chi connectivity index (χ2v) is 9.64. The number of hydrogen-bond donors (Lipinski definition) is 2. The molecule has 210 valence electrons. The quantitative estimate of drug-likeness (QED) is 0.205. The third-order valence-electron chi connectivity index (χ3n) is 4.56. The molecule has 0 saturated carbocycles. The molecule has 1 atom stereocenters. The summed E-state index contributed by atoms with van der Waals surface area (Å²) in [5, 5.41) is 14.2. The number of nitrogens with one attached hydrogen (secondary N) is 2. The average molecular weight is 535 g/mol. The first-order chi connectivity index (χ1) is 17.1. The van der Waals surface area contributed by atoms with Crippen LogP contribution in [-0.2, 0) is 4.74 Å². The second-order valence-electron chi connectivity index (χ2n) is 9.64. The minimum Gasteiger partial charge on any atom is -0.444 e. The number of hydrogen-bond acceptors (Lipinski definition) is 6. The van der Waals surface area contributed by atoms with Gasteiger partial charge in [-0.2, -0.15) is 0 Å². The van der Waals surface area contributed by atoms with Gasteiger partial charge in [-0.3, -0.25) is 4.84 Å². The number of benzene rings is 1. The van der Waals surface area contributed by atoms with Crippen molar-refractivity contribution in [3.8, 4) is 0 Å². The number of carbonyl (C=O) groups is 1. The van der Waals surface area contributed by atoms with Gasteiger partial charge in [-0.15, -0.1) is 5.10 Å². The van der Waals surface area contributed by atoms with E-state index in [9.17, 15) is 22.1 Å². The predicted octanol–water partition coefficient (Wildman–Crippen LogP) is 3.00. The molecule has 0 aliphatic carbocycles. The number of piperidine rings is 1. The molecule has 0 radical (unpaired) electrons. The molecule has 10 nitrogen and oxygen atoms in total. The Hall–Kier alpha value is -3.10. The highest BCUT2D eigenvalue weighted by Gasteiger charge is 2.21. The summed E-state index contributed by atoms with van der Waals surface area (Å²) in [4.78, 5) is 20.3. The molecule has 1 aromatic carbocycles. The summed E-state index contributed by atoms with van der Waals surface area (Å²) in [6.45, 7) is 7.32. The van der Waals surface area contributed by atoms with Gasteiger partial charge in [-0.25, -0.2) is 14.3 Å². The van der Waals surface area contributed by atoms with Crippen LogP contribution in [0, 0.1) is 0 Å². The van der Waals surface area contributed by atoms with Gasteiger partial charge < -0.3 is 32.6 Å². The van der Waals surface area contributed by atoms with Crippen molar-refractivity contribution in [2.24, 2.45) is 0 Å². The molecule has 15 heteroatoms. The molecule has 1 aliphatic rings. The highest BCUT2D eigenvalue weighted by Crippen LogP contribution is 2.09. The van der Waals surface area contributed by atoms with Gasteiger partial charge in [0.2, 0.25) is 0 Å². The van der Waals surface area contributed by atoms with Gasteiger partial charge >= 0.3 is 19.4 Å². The van der Waals surface area contributed by atoms with Gasteiger partial charge in [-0.05, 0) is 57.5 Å². The van der Waals surface area contributed by atoms with Crippen molar-refractivity contribution in [2.75, 3.05) is 41.3 Å². The number of amidine groups is 1. The number of aromatic nitrogens is 3. The van der Waals surface area contributed by atoms with E-state index in [1.54, 1.807) is 0 Å². The fourth-order valence-corrected chi connectivity index (χ4v) is 3.17. The molecule has 1 amide bonds. The first-order valence-electron chi connectivity index (χ1n) is 11.8. The molecular formula is C22H38BF4N7O3. The Morgan fingerprint density at radius 2 is 1.84 bits per heavy atom. The number of amides is 1. The van der Waals surface area contributed by atoms with Gasteiger partial charge in [0.05, 0.1) is 28.2 Å². The Bertz CT molecular complexity index is 994. The number of halogens is 4. The molecule has 0 bridgehead atoms. The molecule has 1 unspecified atom stereocenters. The van der Waals surface area contributed by atoms with E-state index in [1.165, 1.54) is 17.7 Å². The number of fused-ring (bicyclic) bond motifs is 1. The molecule has 0 spiro atoms. The van der Waals surface area contributed by atoms with Crippen LogP contribution >= 0.6 is 0 Å². The predicted molar refractivity (Wildman–Crippen MR) is 135 cm³/mol. The maximum atomic E-state index is 11.3. The van der Waals surface area contributed by atoms with Crippen LogP contribution in [0.4, 0.5) is 22.1 Å². The SMILES string of the molecule is CC(C)(C)OC(=O)NCC1CCCCN1.CN(C)C(On1nnc2ccccc21)=[N+](C)C.F[B-](F)(F)F. The molecule has 3 rings (SSSR count). The third-order valence-corrected chi connectivity index (χ3v) is 4.56. The van der Waals surface area contributed by atoms with Crippen LogP contribution in [0.1, 0.15) is 40.0 Å². The van der Waals surface area contributed by atoms with Crippen molar-refractivity contribution in [2.45, 2.75) is 51.7 Å². The summed E-state index contributed by atoms with van der Waals surface area (Å²) in [6, 6.07) is 8.75. The first-order valence-corrected chi connectivity index (χ1v) is 11.8. The van der Waals surface area contributed by atoms with Crippen LogP contribution in [0.25, 0.3) is 11.0 Å².